The molecule has 94 valence electrons. The first-order valence-corrected chi connectivity index (χ1v) is 5.66. The summed E-state index contributed by atoms with van der Waals surface area (Å²) in [6.07, 6.45) is 0. The number of hydrogen-bond donors (Lipinski definition) is 2. The lowest BCUT2D eigenvalue weighted by atomic mass is 10.3. The summed E-state index contributed by atoms with van der Waals surface area (Å²) in [5, 5.41) is 0. The molecule has 0 aromatic heterocycles. The first kappa shape index (κ1) is 13.5. The van der Waals surface area contributed by atoms with E-state index in [1.165, 1.54) is 0 Å². The molecule has 5 heteroatoms. The lowest BCUT2D eigenvalue weighted by Crippen LogP contribution is -2.45. The lowest BCUT2D eigenvalue weighted by molar-refractivity contribution is 0.176. The highest BCUT2D eigenvalue weighted by atomic mass is 16.5. The molecule has 0 radical (unpaired) electrons. The number of ether oxygens (including phenoxy) is 1. The number of nitrogens with one attached hydrogen (secondary N) is 1. The van der Waals surface area contributed by atoms with Gasteiger partial charge in [0.05, 0.1) is 12.3 Å². The van der Waals surface area contributed by atoms with E-state index in [2.05, 4.69) is 10.4 Å². The first-order valence-electron chi connectivity index (χ1n) is 5.66. The van der Waals surface area contributed by atoms with Gasteiger partial charge in [0.25, 0.3) is 0 Å². The van der Waals surface area contributed by atoms with Gasteiger partial charge in [-0.1, -0.05) is 18.2 Å². The van der Waals surface area contributed by atoms with Crippen molar-refractivity contribution in [2.45, 2.75) is 6.92 Å². The molecule has 5 nitrogen and oxygen atoms in total. The molecule has 0 amide bonds. The Kier molecular flexibility index (Phi) is 6.06. The van der Waals surface area contributed by atoms with Crippen molar-refractivity contribution in [3.8, 4) is 0 Å². The molecule has 0 bridgehead atoms. The van der Waals surface area contributed by atoms with E-state index in [1.807, 2.05) is 42.2 Å². The molecule has 1 aromatic rings. The molecule has 3 N–H and O–H groups in total. The van der Waals surface area contributed by atoms with Gasteiger partial charge < -0.3 is 9.64 Å². The van der Waals surface area contributed by atoms with Crippen LogP contribution in [0, 0.1) is 0 Å². The lowest BCUT2D eigenvalue weighted by Gasteiger charge is -2.23. The zero-order valence-electron chi connectivity index (χ0n) is 10.4. The fourth-order valence-electron chi connectivity index (χ4n) is 1.43. The Balaban J connectivity index is 2.77. The van der Waals surface area contributed by atoms with Crippen LogP contribution in [-0.2, 0) is 4.74 Å². The van der Waals surface area contributed by atoms with Crippen LogP contribution in [0.2, 0.25) is 0 Å². The van der Waals surface area contributed by atoms with Crippen LogP contribution in [0.5, 0.6) is 0 Å². The minimum atomic E-state index is 0.642. The van der Waals surface area contributed by atoms with Gasteiger partial charge in [-0.2, -0.15) is 0 Å². The van der Waals surface area contributed by atoms with Crippen molar-refractivity contribution >= 4 is 11.6 Å². The van der Waals surface area contributed by atoms with Crippen LogP contribution in [0.15, 0.2) is 35.3 Å². The molecule has 1 rings (SSSR count). The summed E-state index contributed by atoms with van der Waals surface area (Å²) in [5.74, 6) is 6.15. The standard InChI is InChI=1S/C12H20N4O/c1-3-16(9-10-17-2)12(15-13)14-11-7-5-4-6-8-11/h4-8H,3,9-10,13H2,1-2H3,(H,14,15). The number of methoxy groups -OCH3 is 1. The highest BCUT2D eigenvalue weighted by molar-refractivity contribution is 5.82. The molecule has 0 saturated carbocycles. The van der Waals surface area contributed by atoms with Crippen LogP contribution >= 0.6 is 0 Å². The predicted octanol–water partition coefficient (Wildman–Crippen LogP) is 1.11. The van der Waals surface area contributed by atoms with Gasteiger partial charge in [-0.05, 0) is 19.1 Å². The van der Waals surface area contributed by atoms with Gasteiger partial charge in [0, 0.05) is 20.2 Å². The number of rotatable bonds is 5. The minimum absolute atomic E-state index is 0.642. The van der Waals surface area contributed by atoms with Gasteiger partial charge in [-0.3, -0.25) is 5.43 Å². The number of hydrogen-bond acceptors (Lipinski definition) is 3. The number of para-hydroxylation sites is 1. The minimum Gasteiger partial charge on any atom is -0.383 e. The number of nitrogens with two attached hydrogens (primary N) is 1. The van der Waals surface area contributed by atoms with E-state index in [0.717, 1.165) is 18.8 Å². The second-order valence-corrected chi connectivity index (χ2v) is 3.49. The van der Waals surface area contributed by atoms with E-state index in [0.29, 0.717) is 12.6 Å². The van der Waals surface area contributed by atoms with Crippen molar-refractivity contribution < 1.29 is 4.74 Å². The second-order valence-electron chi connectivity index (χ2n) is 3.49. The first-order chi connectivity index (χ1) is 8.31. The number of aliphatic imine (C=N–C) groups is 1. The van der Waals surface area contributed by atoms with Crippen molar-refractivity contribution in [2.24, 2.45) is 10.8 Å². The molecule has 0 aliphatic heterocycles. The van der Waals surface area contributed by atoms with Gasteiger partial charge in [0.1, 0.15) is 0 Å². The van der Waals surface area contributed by atoms with Crippen molar-refractivity contribution in [3.63, 3.8) is 0 Å². The summed E-state index contributed by atoms with van der Waals surface area (Å²) in [4.78, 5) is 6.48. The van der Waals surface area contributed by atoms with E-state index in [4.69, 9.17) is 10.6 Å². The molecule has 0 aliphatic carbocycles. The van der Waals surface area contributed by atoms with Gasteiger partial charge in [-0.15, -0.1) is 0 Å². The second kappa shape index (κ2) is 7.65. The summed E-state index contributed by atoms with van der Waals surface area (Å²) < 4.78 is 5.05. The molecule has 0 aliphatic rings. The largest absolute Gasteiger partial charge is 0.383 e. The average Bonchev–Trinajstić information content (AvgIpc) is 2.39. The van der Waals surface area contributed by atoms with Crippen LogP contribution in [0.1, 0.15) is 6.92 Å². The quantitative estimate of drug-likeness (QED) is 0.348. The molecule has 0 saturated heterocycles. The molecule has 0 unspecified atom stereocenters. The van der Waals surface area contributed by atoms with E-state index < -0.39 is 0 Å². The van der Waals surface area contributed by atoms with Gasteiger partial charge in [0.2, 0.25) is 5.96 Å². The zero-order valence-corrected chi connectivity index (χ0v) is 10.4. The third-order valence-corrected chi connectivity index (χ3v) is 2.37. The molecular formula is C12H20N4O. The van der Waals surface area contributed by atoms with Crippen LogP contribution < -0.4 is 11.3 Å². The topological polar surface area (TPSA) is 62.9 Å². The van der Waals surface area contributed by atoms with Crippen LogP contribution in [-0.4, -0.2) is 37.7 Å². The maximum Gasteiger partial charge on any atom is 0.213 e. The van der Waals surface area contributed by atoms with Crippen LogP contribution in [0.3, 0.4) is 0 Å². The zero-order chi connectivity index (χ0) is 12.5. The third kappa shape index (κ3) is 4.42. The number of guanidine groups is 1. The van der Waals surface area contributed by atoms with Crippen molar-refractivity contribution in [2.75, 3.05) is 26.8 Å². The number of hydrazine groups is 1. The molecule has 0 fully saturated rings. The SMILES string of the molecule is CCN(CCOC)C(=Nc1ccccc1)NN. The summed E-state index contributed by atoms with van der Waals surface area (Å²) in [6.45, 7) is 4.26. The van der Waals surface area contributed by atoms with Gasteiger partial charge >= 0.3 is 0 Å². The highest BCUT2D eigenvalue weighted by Gasteiger charge is 2.07. The Morgan fingerprint density at radius 3 is 2.65 bits per heavy atom. The summed E-state index contributed by atoms with van der Waals surface area (Å²) >= 11 is 0. The average molecular weight is 236 g/mol. The monoisotopic (exact) mass is 236 g/mol. The predicted molar refractivity (Wildman–Crippen MR) is 70.0 cm³/mol. The number of likely N-dealkylation sites (N-methyl/N-ethyl adjacent to an activating group) is 1. The van der Waals surface area contributed by atoms with Crippen LogP contribution in [0.4, 0.5) is 5.69 Å². The molecule has 0 spiro atoms. The highest BCUT2D eigenvalue weighted by Crippen LogP contribution is 2.10. The molecular weight excluding hydrogens is 216 g/mol. The molecule has 0 atom stereocenters. The number of nitrogens with zero attached hydrogens (tertiary/aromatic N) is 2. The van der Waals surface area contributed by atoms with E-state index in [-0.39, 0.29) is 0 Å². The molecule has 1 aromatic carbocycles. The summed E-state index contributed by atoms with van der Waals surface area (Å²) in [6, 6.07) is 9.71. The Morgan fingerprint density at radius 2 is 2.12 bits per heavy atom. The summed E-state index contributed by atoms with van der Waals surface area (Å²) in [5.41, 5.74) is 3.50. The van der Waals surface area contributed by atoms with Gasteiger partial charge in [0.15, 0.2) is 0 Å². The van der Waals surface area contributed by atoms with E-state index in [1.54, 1.807) is 7.11 Å². The maximum absolute atomic E-state index is 5.51. The fraction of sp³-hybridized carbons (Fsp3) is 0.417. The normalized spacial score (nSPS) is 11.4. The smallest absolute Gasteiger partial charge is 0.213 e. The maximum atomic E-state index is 5.51. The summed E-state index contributed by atoms with van der Waals surface area (Å²) in [7, 11) is 1.68. The fourth-order valence-corrected chi connectivity index (χ4v) is 1.43. The van der Waals surface area contributed by atoms with Crippen LogP contribution in [0.25, 0.3) is 0 Å². The van der Waals surface area contributed by atoms with Crippen molar-refractivity contribution in [1.82, 2.24) is 10.3 Å². The Morgan fingerprint density at radius 1 is 1.41 bits per heavy atom. The Bertz CT molecular complexity index is 340. The van der Waals surface area contributed by atoms with Crippen molar-refractivity contribution in [3.05, 3.63) is 30.3 Å². The Hall–Kier alpha value is -1.59. The molecule has 0 heterocycles. The molecule has 17 heavy (non-hydrogen) atoms. The van der Waals surface area contributed by atoms with E-state index >= 15 is 0 Å². The third-order valence-electron chi connectivity index (χ3n) is 2.37. The van der Waals surface area contributed by atoms with E-state index in [9.17, 15) is 0 Å². The Labute approximate surface area is 102 Å². The van der Waals surface area contributed by atoms with Crippen molar-refractivity contribution in [1.29, 1.82) is 0 Å². The van der Waals surface area contributed by atoms with Gasteiger partial charge in [-0.25, -0.2) is 10.8 Å². The number of benzene rings is 1.